The standard InChI is InChI=1S/C13H18N2O3/c1-13(18,9-16)8-15-12(17)7-4-10-2-5-11(14)6-3-10/h2-7,16,18H,8-9,14H2,1H3,(H,15,17)/b7-4+. The van der Waals surface area contributed by atoms with Crippen LogP contribution >= 0.6 is 0 Å². The molecule has 0 aromatic heterocycles. The maximum Gasteiger partial charge on any atom is 0.244 e. The number of carbonyl (C=O) groups is 1. The largest absolute Gasteiger partial charge is 0.399 e. The average molecular weight is 250 g/mol. The van der Waals surface area contributed by atoms with E-state index in [1.165, 1.54) is 13.0 Å². The third-order valence-corrected chi connectivity index (χ3v) is 2.35. The van der Waals surface area contributed by atoms with Crippen LogP contribution in [-0.4, -0.2) is 34.9 Å². The summed E-state index contributed by atoms with van der Waals surface area (Å²) in [5.41, 5.74) is 5.76. The van der Waals surface area contributed by atoms with Gasteiger partial charge >= 0.3 is 0 Å². The molecule has 0 bridgehead atoms. The van der Waals surface area contributed by atoms with Crippen LogP contribution in [0.25, 0.3) is 6.08 Å². The number of nitrogens with two attached hydrogens (primary N) is 1. The van der Waals surface area contributed by atoms with Gasteiger partial charge < -0.3 is 21.3 Å². The summed E-state index contributed by atoms with van der Waals surface area (Å²) < 4.78 is 0. The first-order valence-electron chi connectivity index (χ1n) is 5.58. The second-order valence-corrected chi connectivity index (χ2v) is 4.37. The zero-order valence-electron chi connectivity index (χ0n) is 10.3. The number of hydrogen-bond acceptors (Lipinski definition) is 4. The minimum Gasteiger partial charge on any atom is -0.399 e. The first-order valence-corrected chi connectivity index (χ1v) is 5.58. The van der Waals surface area contributed by atoms with Crippen LogP contribution in [0.4, 0.5) is 5.69 Å². The Kier molecular flexibility index (Phi) is 4.88. The number of anilines is 1. The maximum absolute atomic E-state index is 11.4. The third-order valence-electron chi connectivity index (χ3n) is 2.35. The van der Waals surface area contributed by atoms with E-state index in [1.54, 1.807) is 30.3 Å². The van der Waals surface area contributed by atoms with Gasteiger partial charge in [0.05, 0.1) is 6.61 Å². The molecule has 5 N–H and O–H groups in total. The SMILES string of the molecule is CC(O)(CO)CNC(=O)/C=C/c1ccc(N)cc1. The van der Waals surface area contributed by atoms with E-state index in [4.69, 9.17) is 10.8 Å². The molecule has 0 heterocycles. The molecule has 0 spiro atoms. The predicted molar refractivity (Wildman–Crippen MR) is 70.6 cm³/mol. The molecular weight excluding hydrogens is 232 g/mol. The number of benzene rings is 1. The van der Waals surface area contributed by atoms with Crippen LogP contribution < -0.4 is 11.1 Å². The molecule has 98 valence electrons. The average Bonchev–Trinajstić information content (AvgIpc) is 2.36. The molecule has 1 amide bonds. The molecule has 0 saturated carbocycles. The van der Waals surface area contributed by atoms with Gasteiger partial charge in [0.25, 0.3) is 0 Å². The monoisotopic (exact) mass is 250 g/mol. The smallest absolute Gasteiger partial charge is 0.244 e. The quantitative estimate of drug-likeness (QED) is 0.441. The van der Waals surface area contributed by atoms with Crippen LogP contribution in [-0.2, 0) is 4.79 Å². The lowest BCUT2D eigenvalue weighted by atomic mass is 10.1. The zero-order valence-corrected chi connectivity index (χ0v) is 10.3. The van der Waals surface area contributed by atoms with Gasteiger partial charge in [-0.15, -0.1) is 0 Å². The van der Waals surface area contributed by atoms with Crippen molar-refractivity contribution in [3.8, 4) is 0 Å². The summed E-state index contributed by atoms with van der Waals surface area (Å²) in [7, 11) is 0. The van der Waals surface area contributed by atoms with Gasteiger partial charge in [-0.05, 0) is 30.7 Å². The highest BCUT2D eigenvalue weighted by atomic mass is 16.3. The van der Waals surface area contributed by atoms with Crippen LogP contribution in [0.15, 0.2) is 30.3 Å². The van der Waals surface area contributed by atoms with E-state index in [2.05, 4.69) is 5.32 Å². The summed E-state index contributed by atoms with van der Waals surface area (Å²) in [6.07, 6.45) is 3.00. The molecule has 0 fully saturated rings. The van der Waals surface area contributed by atoms with Crippen LogP contribution in [0.3, 0.4) is 0 Å². The molecule has 1 aromatic rings. The van der Waals surface area contributed by atoms with Gasteiger partial charge in [0.2, 0.25) is 5.91 Å². The minimum atomic E-state index is -1.30. The Morgan fingerprint density at radius 2 is 2.06 bits per heavy atom. The molecule has 1 aromatic carbocycles. The Labute approximate surface area is 106 Å². The van der Waals surface area contributed by atoms with Crippen LogP contribution in [0.2, 0.25) is 0 Å². The van der Waals surface area contributed by atoms with Gasteiger partial charge in [-0.2, -0.15) is 0 Å². The highest BCUT2D eigenvalue weighted by molar-refractivity contribution is 5.91. The molecule has 0 saturated heterocycles. The first kappa shape index (κ1) is 14.2. The fraction of sp³-hybridized carbons (Fsp3) is 0.308. The molecule has 5 heteroatoms. The van der Waals surface area contributed by atoms with Gasteiger partial charge in [-0.25, -0.2) is 0 Å². The molecule has 0 aliphatic carbocycles. The summed E-state index contributed by atoms with van der Waals surface area (Å²) in [6, 6.07) is 7.08. The molecule has 1 rings (SSSR count). The second kappa shape index (κ2) is 6.18. The molecule has 1 unspecified atom stereocenters. The minimum absolute atomic E-state index is 0.00554. The number of nitrogen functional groups attached to an aromatic ring is 1. The Bertz CT molecular complexity index is 424. The van der Waals surface area contributed by atoms with E-state index in [-0.39, 0.29) is 12.5 Å². The van der Waals surface area contributed by atoms with Crippen molar-refractivity contribution in [1.29, 1.82) is 0 Å². The number of aliphatic hydroxyl groups is 2. The summed E-state index contributed by atoms with van der Waals surface area (Å²) in [6.45, 7) is 1.03. The Morgan fingerprint density at radius 1 is 1.44 bits per heavy atom. The highest BCUT2D eigenvalue weighted by Gasteiger charge is 2.18. The van der Waals surface area contributed by atoms with E-state index in [0.29, 0.717) is 5.69 Å². The van der Waals surface area contributed by atoms with Crippen molar-refractivity contribution in [2.24, 2.45) is 0 Å². The number of amides is 1. The number of nitrogens with one attached hydrogen (secondary N) is 1. The van der Waals surface area contributed by atoms with Crippen LogP contribution in [0.5, 0.6) is 0 Å². The number of hydrogen-bond donors (Lipinski definition) is 4. The molecule has 0 radical (unpaired) electrons. The lowest BCUT2D eigenvalue weighted by Gasteiger charge is -2.19. The Morgan fingerprint density at radius 3 is 2.61 bits per heavy atom. The van der Waals surface area contributed by atoms with Crippen molar-refractivity contribution in [1.82, 2.24) is 5.32 Å². The van der Waals surface area contributed by atoms with Gasteiger partial charge in [-0.3, -0.25) is 4.79 Å². The number of aliphatic hydroxyl groups excluding tert-OH is 1. The third kappa shape index (κ3) is 4.99. The molecular formula is C13H18N2O3. The van der Waals surface area contributed by atoms with Crippen molar-refractivity contribution in [2.45, 2.75) is 12.5 Å². The molecule has 0 aliphatic heterocycles. The lowest BCUT2D eigenvalue weighted by Crippen LogP contribution is -2.42. The maximum atomic E-state index is 11.4. The number of rotatable bonds is 5. The molecule has 18 heavy (non-hydrogen) atoms. The first-order chi connectivity index (χ1) is 8.43. The number of carbonyl (C=O) groups excluding carboxylic acids is 1. The van der Waals surface area contributed by atoms with Gasteiger partial charge in [0.1, 0.15) is 5.60 Å². The summed E-state index contributed by atoms with van der Waals surface area (Å²) in [4.78, 5) is 11.4. The zero-order chi connectivity index (χ0) is 13.6. The van der Waals surface area contributed by atoms with Crippen molar-refractivity contribution in [2.75, 3.05) is 18.9 Å². The molecule has 1 atom stereocenters. The molecule has 0 aliphatic rings. The summed E-state index contributed by atoms with van der Waals surface area (Å²) in [5, 5.41) is 20.8. The highest BCUT2D eigenvalue weighted by Crippen LogP contribution is 2.06. The van der Waals surface area contributed by atoms with Gasteiger partial charge in [0, 0.05) is 18.3 Å². The van der Waals surface area contributed by atoms with Crippen molar-refractivity contribution in [3.05, 3.63) is 35.9 Å². The second-order valence-electron chi connectivity index (χ2n) is 4.37. The summed E-state index contributed by atoms with van der Waals surface area (Å²) in [5.74, 6) is -0.333. The van der Waals surface area contributed by atoms with Gasteiger partial charge in [-0.1, -0.05) is 12.1 Å². The van der Waals surface area contributed by atoms with Crippen LogP contribution in [0, 0.1) is 0 Å². The van der Waals surface area contributed by atoms with E-state index in [9.17, 15) is 9.90 Å². The Balaban J connectivity index is 2.47. The van der Waals surface area contributed by atoms with E-state index in [0.717, 1.165) is 5.56 Å². The van der Waals surface area contributed by atoms with E-state index < -0.39 is 12.2 Å². The summed E-state index contributed by atoms with van der Waals surface area (Å²) >= 11 is 0. The molecule has 5 nitrogen and oxygen atoms in total. The van der Waals surface area contributed by atoms with Crippen molar-refractivity contribution in [3.63, 3.8) is 0 Å². The van der Waals surface area contributed by atoms with E-state index in [1.807, 2.05) is 0 Å². The van der Waals surface area contributed by atoms with Crippen LogP contribution in [0.1, 0.15) is 12.5 Å². The van der Waals surface area contributed by atoms with Gasteiger partial charge in [0.15, 0.2) is 0 Å². The fourth-order valence-corrected chi connectivity index (χ4v) is 1.17. The topological polar surface area (TPSA) is 95.6 Å². The van der Waals surface area contributed by atoms with Crippen molar-refractivity contribution < 1.29 is 15.0 Å². The predicted octanol–water partition coefficient (Wildman–Crippen LogP) is 0.141. The van der Waals surface area contributed by atoms with Crippen molar-refractivity contribution >= 4 is 17.7 Å². The normalized spacial score (nSPS) is 14.4. The lowest BCUT2D eigenvalue weighted by molar-refractivity contribution is -0.117. The Hall–Kier alpha value is -1.85. The fourth-order valence-electron chi connectivity index (χ4n) is 1.17. The van der Waals surface area contributed by atoms with E-state index >= 15 is 0 Å².